The number of anilines is 12. The van der Waals surface area contributed by atoms with Gasteiger partial charge in [0.1, 0.15) is 0 Å². The molecule has 0 radical (unpaired) electrons. The van der Waals surface area contributed by atoms with Gasteiger partial charge in [-0.1, -0.05) is 232 Å². The van der Waals surface area contributed by atoms with Gasteiger partial charge in [-0.05, 0) is 151 Å². The summed E-state index contributed by atoms with van der Waals surface area (Å²) in [5.41, 5.74) is 20.4. The molecule has 0 saturated carbocycles. The Hall–Kier alpha value is -7.38. The van der Waals surface area contributed by atoms with Crippen LogP contribution in [-0.2, 0) is 0 Å². The van der Waals surface area contributed by atoms with Crippen molar-refractivity contribution in [3.63, 3.8) is 0 Å². The largest absolute Gasteiger partial charge is 0.311 e. The lowest BCUT2D eigenvalue weighted by molar-refractivity contribution is 1.23. The molecule has 2 aliphatic heterocycles. The van der Waals surface area contributed by atoms with Gasteiger partial charge in [-0.15, -0.1) is 0 Å². The first-order valence-electron chi connectivity index (χ1n) is 29.8. The molecule has 0 fully saturated rings. The second-order valence-electron chi connectivity index (χ2n) is 27.1. The number of hydrogen-bond donors (Lipinski definition) is 0. The van der Waals surface area contributed by atoms with Gasteiger partial charge in [-0.3, -0.25) is 0 Å². The van der Waals surface area contributed by atoms with Gasteiger partial charge >= 0.3 is 0 Å². The van der Waals surface area contributed by atoms with E-state index in [0.717, 1.165) is 39.7 Å². The number of hydrogen-bond acceptors (Lipinski definition) is 4. The van der Waals surface area contributed by atoms with Gasteiger partial charge in [-0.25, -0.2) is 0 Å². The molecule has 0 N–H and O–H groups in total. The summed E-state index contributed by atoms with van der Waals surface area (Å²) in [5, 5.41) is 6.59. The van der Waals surface area contributed by atoms with Crippen LogP contribution in [0, 0.1) is 13.8 Å². The normalized spacial score (nSPS) is 12.9. The van der Waals surface area contributed by atoms with Crippen LogP contribution in [0.15, 0.2) is 231 Å². The third-order valence-electron chi connectivity index (χ3n) is 16.7. The topological polar surface area (TPSA) is 13.0 Å². The second kappa shape index (κ2) is 22.9. The molecule has 4 nitrogen and oxygen atoms in total. The summed E-state index contributed by atoms with van der Waals surface area (Å²) in [4.78, 5) is 9.59. The highest BCUT2D eigenvalue weighted by Gasteiger charge is 2.44. The van der Waals surface area contributed by atoms with Crippen molar-refractivity contribution in [3.8, 4) is 0 Å². The fourth-order valence-corrected chi connectivity index (χ4v) is 17.0. The molecule has 0 spiro atoms. The Morgan fingerprint density at radius 1 is 0.321 bits per heavy atom. The minimum absolute atomic E-state index is 0.176. The van der Waals surface area contributed by atoms with Crippen molar-refractivity contribution < 1.29 is 0 Å². The number of para-hydroxylation sites is 4. The highest BCUT2D eigenvalue weighted by atomic mass is 35.5. The van der Waals surface area contributed by atoms with Gasteiger partial charge in [0, 0.05) is 56.9 Å². The maximum absolute atomic E-state index is 7.51. The minimum atomic E-state index is -1.54. The molecular formula is C74H80BClN4Si4. The first-order chi connectivity index (χ1) is 40.0. The van der Waals surface area contributed by atoms with Crippen LogP contribution in [0.3, 0.4) is 0 Å². The van der Waals surface area contributed by atoms with Gasteiger partial charge in [0.05, 0.1) is 48.7 Å². The zero-order valence-electron chi connectivity index (χ0n) is 51.7. The first kappa shape index (κ1) is 58.4. The predicted octanol–water partition coefficient (Wildman–Crippen LogP) is 17.8. The molecule has 12 rings (SSSR count). The number of rotatable bonds is 12. The van der Waals surface area contributed by atoms with Gasteiger partial charge in [0.2, 0.25) is 0 Å². The van der Waals surface area contributed by atoms with Crippen LogP contribution in [0.2, 0.25) is 83.6 Å². The number of benzene rings is 10. The van der Waals surface area contributed by atoms with Crippen molar-refractivity contribution >= 4 is 156 Å². The Morgan fingerprint density at radius 2 is 0.667 bits per heavy atom. The molecule has 0 unspecified atom stereocenters. The Morgan fingerprint density at radius 3 is 1.11 bits per heavy atom. The molecule has 0 amide bonds. The van der Waals surface area contributed by atoms with E-state index in [9.17, 15) is 0 Å². The number of aryl methyl sites for hydroxylation is 2. The average molecular weight is 1180 g/mol. The summed E-state index contributed by atoms with van der Waals surface area (Å²) in [5.74, 6) is 0. The monoisotopic (exact) mass is 1180 g/mol. The molecule has 422 valence electrons. The van der Waals surface area contributed by atoms with E-state index >= 15 is 0 Å². The van der Waals surface area contributed by atoms with E-state index in [4.69, 9.17) is 11.6 Å². The average Bonchev–Trinajstić information content (AvgIpc) is 0.836. The lowest BCUT2D eigenvalue weighted by Crippen LogP contribution is -2.62. The molecule has 2 aliphatic rings. The molecule has 84 heavy (non-hydrogen) atoms. The van der Waals surface area contributed by atoms with Crippen LogP contribution in [0.4, 0.5) is 68.2 Å². The fraction of sp³-hybridized carbons (Fsp3) is 0.189. The van der Waals surface area contributed by atoms with E-state index in [0.29, 0.717) is 5.02 Å². The summed E-state index contributed by atoms with van der Waals surface area (Å²) in [7, 11) is -5.84. The van der Waals surface area contributed by atoms with Crippen LogP contribution in [0.25, 0.3) is 0 Å². The van der Waals surface area contributed by atoms with E-state index in [-0.39, 0.29) is 6.71 Å². The molecule has 10 aromatic rings. The molecule has 0 bridgehead atoms. The highest BCUT2D eigenvalue weighted by Crippen LogP contribution is 2.48. The van der Waals surface area contributed by atoms with Gasteiger partial charge in [0.25, 0.3) is 6.71 Å². The molecule has 0 aromatic heterocycles. The minimum Gasteiger partial charge on any atom is -0.311 e. The molecule has 10 aromatic carbocycles. The quantitative estimate of drug-likeness (QED) is 0.113. The zero-order chi connectivity index (χ0) is 59.5. The lowest BCUT2D eigenvalue weighted by atomic mass is 9.33. The van der Waals surface area contributed by atoms with E-state index in [1.165, 1.54) is 76.8 Å². The van der Waals surface area contributed by atoms with Crippen molar-refractivity contribution in [2.75, 3.05) is 19.6 Å². The van der Waals surface area contributed by atoms with Crippen LogP contribution in [-0.4, -0.2) is 39.0 Å². The smallest absolute Gasteiger partial charge is 0.252 e. The van der Waals surface area contributed by atoms with Crippen molar-refractivity contribution in [2.45, 2.75) is 92.4 Å². The van der Waals surface area contributed by atoms with E-state index in [1.54, 1.807) is 0 Å². The SMILES string of the molecule is Cc1cc(N(c2ccccc2)c2ccccc2)c(Cl)c(N(c2ccc([Si](C)(C)C)cc2)c2ccc([Si](C)(C)C)cc2)c1.Cc1cc2c3c(c1)N(c1ccc([Si](C)(C)C)cc1)c1ccc([Si](C)(C)C)cc1B3c1ccccc1N2c1ccccc1. The summed E-state index contributed by atoms with van der Waals surface area (Å²) in [6.45, 7) is 33.5. The van der Waals surface area contributed by atoms with Crippen molar-refractivity contribution in [3.05, 3.63) is 247 Å². The van der Waals surface area contributed by atoms with Crippen molar-refractivity contribution in [1.82, 2.24) is 0 Å². The fourth-order valence-electron chi connectivity index (χ4n) is 12.1. The number of nitrogens with zero attached hydrogens (tertiary/aromatic N) is 4. The van der Waals surface area contributed by atoms with Crippen LogP contribution in [0.5, 0.6) is 0 Å². The number of fused-ring (bicyclic) bond motifs is 4. The Balaban J connectivity index is 0.000000175. The molecule has 10 heteroatoms. The zero-order valence-corrected chi connectivity index (χ0v) is 56.4. The second-order valence-corrected chi connectivity index (χ2v) is 47.8. The van der Waals surface area contributed by atoms with Gasteiger partial charge in [-0.2, -0.15) is 0 Å². The van der Waals surface area contributed by atoms with E-state index in [1.807, 2.05) is 12.1 Å². The summed E-state index contributed by atoms with van der Waals surface area (Å²) >= 11 is 7.51. The summed E-state index contributed by atoms with van der Waals surface area (Å²) in [6.07, 6.45) is 0. The number of halogens is 1. The van der Waals surface area contributed by atoms with E-state index in [2.05, 4.69) is 330 Å². The maximum atomic E-state index is 7.51. The van der Waals surface area contributed by atoms with Crippen molar-refractivity contribution in [2.24, 2.45) is 0 Å². The first-order valence-corrected chi connectivity index (χ1v) is 44.2. The maximum Gasteiger partial charge on any atom is 0.252 e. The third kappa shape index (κ3) is 11.6. The molecule has 0 saturated heterocycles. The summed E-state index contributed by atoms with van der Waals surface area (Å²) in [6, 6.07) is 85.1. The van der Waals surface area contributed by atoms with Crippen LogP contribution >= 0.6 is 11.6 Å². The van der Waals surface area contributed by atoms with E-state index < -0.39 is 32.3 Å². The Kier molecular flexibility index (Phi) is 15.9. The van der Waals surface area contributed by atoms with Gasteiger partial charge in [0.15, 0.2) is 0 Å². The lowest BCUT2D eigenvalue weighted by Gasteiger charge is -2.44. The Labute approximate surface area is 511 Å². The third-order valence-corrected chi connectivity index (χ3v) is 25.3. The summed E-state index contributed by atoms with van der Waals surface area (Å²) < 4.78 is 0. The molecule has 0 aliphatic carbocycles. The van der Waals surface area contributed by atoms with Crippen molar-refractivity contribution in [1.29, 1.82) is 0 Å². The predicted molar refractivity (Wildman–Crippen MR) is 383 cm³/mol. The molecule has 0 atom stereocenters. The molecular weight excluding hydrogens is 1100 g/mol. The van der Waals surface area contributed by atoms with Crippen LogP contribution in [0.1, 0.15) is 11.1 Å². The Bertz CT molecular complexity index is 3890. The van der Waals surface area contributed by atoms with Crippen LogP contribution < -0.4 is 56.7 Å². The highest BCUT2D eigenvalue weighted by molar-refractivity contribution is 7.01. The standard InChI is InChI=1S/C37H39BN2Si2.C37H41ClN2Si2/c1-26-23-35-37-36(24-26)40(28-17-19-29(20-18-28)41(2,3)4)34-22-21-30(42(5,6)7)25-32(34)38(37)31-15-11-12-16-33(31)39(35)27-13-9-8-10-14-27;1-28-26-35(39(29-14-10-8-11-15-29)30-16-12-9-13-17-30)37(38)36(27-28)40(31-18-22-33(23-19-31)41(2,3)4)32-20-24-34(25-21-32)42(5,6)7/h8-25H,1-7H3;8-27H,1-7H3. The van der Waals surface area contributed by atoms with Gasteiger partial charge < -0.3 is 19.6 Å². The molecule has 2 heterocycles.